The number of hydrogen-bond acceptors (Lipinski definition) is 5. The van der Waals surface area contributed by atoms with Gasteiger partial charge in [0.25, 0.3) is 5.56 Å². The molecule has 1 unspecified atom stereocenters. The van der Waals surface area contributed by atoms with Crippen molar-refractivity contribution in [2.45, 2.75) is 31.2 Å². The van der Waals surface area contributed by atoms with Gasteiger partial charge in [0.2, 0.25) is 0 Å². The first-order chi connectivity index (χ1) is 14.0. The number of aromatic amines is 1. The summed E-state index contributed by atoms with van der Waals surface area (Å²) in [5.74, 6) is -0.393. The van der Waals surface area contributed by atoms with Crippen molar-refractivity contribution in [3.05, 3.63) is 77.5 Å². The zero-order valence-electron chi connectivity index (χ0n) is 15.7. The third-order valence-corrected chi connectivity index (χ3v) is 6.81. The Labute approximate surface area is 175 Å². The van der Waals surface area contributed by atoms with E-state index in [1.807, 2.05) is 30.4 Å². The van der Waals surface area contributed by atoms with Crippen LogP contribution in [-0.4, -0.2) is 20.6 Å². The monoisotopic (exact) mass is 426 g/mol. The standard InChI is InChI=1S/C21H19ClN4O2S/c1-26-10-15(19(27)25-21(26)28)17-14-7-6-12(22)9-11(14)5-8-16-18(17)24-20(29-16)23-13-3-2-4-13/h5-10,13,17H,2-4H2,1H3,(H,23,24)(H,25,27,28). The molecule has 2 aromatic heterocycles. The lowest BCUT2D eigenvalue weighted by Gasteiger charge is -2.26. The van der Waals surface area contributed by atoms with Gasteiger partial charge in [0.1, 0.15) is 0 Å². The number of H-pyrrole nitrogens is 1. The van der Waals surface area contributed by atoms with Crippen LogP contribution in [0, 0.1) is 0 Å². The average Bonchev–Trinajstić information content (AvgIpc) is 2.98. The van der Waals surface area contributed by atoms with E-state index in [0.717, 1.165) is 39.7 Å². The van der Waals surface area contributed by atoms with Crippen molar-refractivity contribution < 1.29 is 0 Å². The fourth-order valence-corrected chi connectivity index (χ4v) is 4.99. The van der Waals surface area contributed by atoms with Crippen LogP contribution in [0.25, 0.3) is 12.2 Å². The molecule has 2 aliphatic carbocycles. The molecule has 1 aromatic carbocycles. The molecule has 0 spiro atoms. The van der Waals surface area contributed by atoms with E-state index in [9.17, 15) is 9.59 Å². The molecule has 1 atom stereocenters. The molecule has 2 N–H and O–H groups in total. The number of nitrogens with zero attached hydrogens (tertiary/aromatic N) is 2. The Kier molecular flexibility index (Phi) is 4.44. The molecule has 2 aliphatic rings. The zero-order valence-corrected chi connectivity index (χ0v) is 17.3. The van der Waals surface area contributed by atoms with Crippen molar-refractivity contribution in [3.8, 4) is 0 Å². The molecule has 0 radical (unpaired) electrons. The number of hydrogen-bond donors (Lipinski definition) is 2. The van der Waals surface area contributed by atoms with Crippen molar-refractivity contribution >= 4 is 40.2 Å². The molecule has 6 nitrogen and oxygen atoms in total. The molecule has 0 saturated heterocycles. The summed E-state index contributed by atoms with van der Waals surface area (Å²) in [4.78, 5) is 33.0. The molecular formula is C21H19ClN4O2S. The van der Waals surface area contributed by atoms with Crippen LogP contribution in [-0.2, 0) is 7.05 Å². The van der Waals surface area contributed by atoms with Crippen LogP contribution in [0.15, 0.2) is 34.0 Å². The molecule has 2 heterocycles. The molecule has 0 aliphatic heterocycles. The lowest BCUT2D eigenvalue weighted by molar-refractivity contribution is 0.445. The normalized spacial score (nSPS) is 17.9. The quantitative estimate of drug-likeness (QED) is 0.522. The third kappa shape index (κ3) is 3.24. The van der Waals surface area contributed by atoms with E-state index < -0.39 is 17.2 Å². The average molecular weight is 427 g/mol. The maximum absolute atomic E-state index is 12.8. The van der Waals surface area contributed by atoms with Crippen LogP contribution >= 0.6 is 22.9 Å². The van der Waals surface area contributed by atoms with Crippen LogP contribution in [0.2, 0.25) is 5.02 Å². The lowest BCUT2D eigenvalue weighted by Crippen LogP contribution is -2.32. The number of anilines is 1. The molecule has 3 aromatic rings. The van der Waals surface area contributed by atoms with E-state index in [2.05, 4.69) is 10.3 Å². The number of aromatic nitrogens is 3. The molecular weight excluding hydrogens is 408 g/mol. The van der Waals surface area contributed by atoms with Gasteiger partial charge in [-0.25, -0.2) is 9.78 Å². The number of halogens is 1. The summed E-state index contributed by atoms with van der Waals surface area (Å²) < 4.78 is 1.39. The highest BCUT2D eigenvalue weighted by Crippen LogP contribution is 2.42. The van der Waals surface area contributed by atoms with Crippen LogP contribution < -0.4 is 16.6 Å². The summed E-state index contributed by atoms with van der Waals surface area (Å²) in [5.41, 5.74) is 2.35. The minimum Gasteiger partial charge on any atom is -0.359 e. The van der Waals surface area contributed by atoms with E-state index >= 15 is 0 Å². The molecule has 29 heavy (non-hydrogen) atoms. The first-order valence-corrected chi connectivity index (χ1v) is 10.7. The number of fused-ring (bicyclic) bond motifs is 2. The minimum atomic E-state index is -0.437. The molecule has 0 bridgehead atoms. The topological polar surface area (TPSA) is 79.8 Å². The molecule has 5 rings (SSSR count). The second-order valence-electron chi connectivity index (χ2n) is 7.53. The van der Waals surface area contributed by atoms with Crippen LogP contribution in [0.4, 0.5) is 5.13 Å². The maximum atomic E-state index is 12.8. The third-order valence-electron chi connectivity index (χ3n) is 5.61. The van der Waals surface area contributed by atoms with Gasteiger partial charge in [0, 0.05) is 29.9 Å². The van der Waals surface area contributed by atoms with Crippen molar-refractivity contribution in [1.29, 1.82) is 0 Å². The Bertz CT molecular complexity index is 1250. The largest absolute Gasteiger partial charge is 0.359 e. The number of benzene rings is 1. The van der Waals surface area contributed by atoms with Gasteiger partial charge in [-0.1, -0.05) is 35.1 Å². The van der Waals surface area contributed by atoms with Gasteiger partial charge >= 0.3 is 5.69 Å². The van der Waals surface area contributed by atoms with Crippen molar-refractivity contribution in [2.75, 3.05) is 5.32 Å². The predicted molar refractivity (Wildman–Crippen MR) is 117 cm³/mol. The Morgan fingerprint density at radius 3 is 2.83 bits per heavy atom. The van der Waals surface area contributed by atoms with Crippen LogP contribution in [0.1, 0.15) is 52.4 Å². The minimum absolute atomic E-state index is 0.393. The Hall–Kier alpha value is -2.64. The SMILES string of the molecule is Cn1cc(C2c3ccc(Cl)cc3C=Cc3sc(NC4CCC4)nc32)c(=O)[nH]c1=O. The summed E-state index contributed by atoms with van der Waals surface area (Å²) in [5, 5.41) is 5.01. The van der Waals surface area contributed by atoms with Crippen molar-refractivity contribution in [2.24, 2.45) is 7.05 Å². The second kappa shape index (κ2) is 7.00. The Morgan fingerprint density at radius 2 is 2.07 bits per heavy atom. The molecule has 1 fully saturated rings. The summed E-state index contributed by atoms with van der Waals surface area (Å²) in [7, 11) is 1.63. The first-order valence-electron chi connectivity index (χ1n) is 9.54. The zero-order chi connectivity index (χ0) is 20.1. The van der Waals surface area contributed by atoms with Crippen LogP contribution in [0.3, 0.4) is 0 Å². The maximum Gasteiger partial charge on any atom is 0.328 e. The fourth-order valence-electron chi connectivity index (χ4n) is 3.83. The summed E-state index contributed by atoms with van der Waals surface area (Å²) in [6.45, 7) is 0. The summed E-state index contributed by atoms with van der Waals surface area (Å²) >= 11 is 7.81. The predicted octanol–water partition coefficient (Wildman–Crippen LogP) is 3.81. The fraction of sp³-hybridized carbons (Fsp3) is 0.286. The highest BCUT2D eigenvalue weighted by molar-refractivity contribution is 7.16. The number of nitrogens with one attached hydrogen (secondary N) is 2. The number of thiazole rings is 1. The highest BCUT2D eigenvalue weighted by Gasteiger charge is 2.30. The van der Waals surface area contributed by atoms with Gasteiger partial charge in [-0.05, 0) is 48.6 Å². The van der Waals surface area contributed by atoms with E-state index in [4.69, 9.17) is 16.6 Å². The lowest BCUT2D eigenvalue weighted by atomic mass is 9.87. The van der Waals surface area contributed by atoms with Gasteiger partial charge in [0.15, 0.2) is 5.13 Å². The first kappa shape index (κ1) is 18.4. The smallest absolute Gasteiger partial charge is 0.328 e. The van der Waals surface area contributed by atoms with Gasteiger partial charge in [-0.2, -0.15) is 0 Å². The van der Waals surface area contributed by atoms with Gasteiger partial charge in [-0.15, -0.1) is 0 Å². The summed E-state index contributed by atoms with van der Waals surface area (Å²) in [6, 6.07) is 6.12. The van der Waals surface area contributed by atoms with E-state index in [1.54, 1.807) is 24.6 Å². The van der Waals surface area contributed by atoms with Gasteiger partial charge < -0.3 is 9.88 Å². The number of aryl methyl sites for hydroxylation is 1. The van der Waals surface area contributed by atoms with E-state index in [1.165, 1.54) is 11.0 Å². The van der Waals surface area contributed by atoms with Gasteiger partial charge in [0.05, 0.1) is 16.5 Å². The summed E-state index contributed by atoms with van der Waals surface area (Å²) in [6.07, 6.45) is 9.22. The molecule has 0 amide bonds. The molecule has 1 saturated carbocycles. The highest BCUT2D eigenvalue weighted by atomic mass is 35.5. The molecule has 148 valence electrons. The molecule has 8 heteroatoms. The van der Waals surface area contributed by atoms with Crippen molar-refractivity contribution in [3.63, 3.8) is 0 Å². The Morgan fingerprint density at radius 1 is 1.24 bits per heavy atom. The van der Waals surface area contributed by atoms with E-state index in [-0.39, 0.29) is 0 Å². The van der Waals surface area contributed by atoms with Gasteiger partial charge in [-0.3, -0.25) is 9.78 Å². The second-order valence-corrected chi connectivity index (χ2v) is 9.00. The van der Waals surface area contributed by atoms with Crippen LogP contribution in [0.5, 0.6) is 0 Å². The number of rotatable bonds is 3. The Balaban J connectivity index is 1.71. The van der Waals surface area contributed by atoms with E-state index in [0.29, 0.717) is 16.6 Å². The van der Waals surface area contributed by atoms with Crippen molar-refractivity contribution in [1.82, 2.24) is 14.5 Å².